The van der Waals surface area contributed by atoms with Crippen LogP contribution in [0.25, 0.3) is 0 Å². The summed E-state index contributed by atoms with van der Waals surface area (Å²) < 4.78 is 5.47. The van der Waals surface area contributed by atoms with Gasteiger partial charge < -0.3 is 15.0 Å². The van der Waals surface area contributed by atoms with Crippen LogP contribution in [0.4, 0.5) is 0 Å². The van der Waals surface area contributed by atoms with Crippen LogP contribution in [-0.4, -0.2) is 50.2 Å². The van der Waals surface area contributed by atoms with Crippen molar-refractivity contribution >= 4 is 5.91 Å². The molecule has 0 aromatic rings. The molecule has 0 saturated carbocycles. The standard InChI is InChI=1S/C12H22N2O2/c1-3-16-8-11-7-14(6-9(11)2)12(15)10-4-13-5-10/h9-11,13H,3-8H2,1-2H3. The zero-order valence-corrected chi connectivity index (χ0v) is 10.2. The van der Waals surface area contributed by atoms with Crippen molar-refractivity contribution in [3.8, 4) is 0 Å². The fourth-order valence-electron chi connectivity index (χ4n) is 2.42. The molecule has 0 aromatic carbocycles. The Morgan fingerprint density at radius 2 is 2.19 bits per heavy atom. The summed E-state index contributed by atoms with van der Waals surface area (Å²) in [5.74, 6) is 1.67. The normalized spacial score (nSPS) is 30.5. The minimum atomic E-state index is 0.234. The smallest absolute Gasteiger partial charge is 0.228 e. The van der Waals surface area contributed by atoms with Crippen LogP contribution in [-0.2, 0) is 9.53 Å². The Morgan fingerprint density at radius 3 is 2.75 bits per heavy atom. The Balaban J connectivity index is 1.82. The molecule has 2 aliphatic rings. The van der Waals surface area contributed by atoms with Crippen LogP contribution in [0.15, 0.2) is 0 Å². The van der Waals surface area contributed by atoms with Crippen LogP contribution in [0.2, 0.25) is 0 Å². The molecule has 0 radical (unpaired) electrons. The highest BCUT2D eigenvalue weighted by Crippen LogP contribution is 2.25. The summed E-state index contributed by atoms with van der Waals surface area (Å²) in [6.45, 7) is 9.32. The van der Waals surface area contributed by atoms with Crippen molar-refractivity contribution in [1.82, 2.24) is 10.2 Å². The molecule has 2 saturated heterocycles. The van der Waals surface area contributed by atoms with Crippen LogP contribution in [0.1, 0.15) is 13.8 Å². The van der Waals surface area contributed by atoms with Crippen molar-refractivity contribution < 1.29 is 9.53 Å². The van der Waals surface area contributed by atoms with Gasteiger partial charge in [0, 0.05) is 38.7 Å². The second-order valence-corrected chi connectivity index (χ2v) is 5.00. The Bertz CT molecular complexity index is 253. The van der Waals surface area contributed by atoms with Crippen LogP contribution >= 0.6 is 0 Å². The van der Waals surface area contributed by atoms with Crippen LogP contribution in [0, 0.1) is 17.8 Å². The lowest BCUT2D eigenvalue weighted by Crippen LogP contribution is -2.51. The maximum absolute atomic E-state index is 12.0. The van der Waals surface area contributed by atoms with Gasteiger partial charge in [-0.05, 0) is 12.8 Å². The first-order valence-electron chi connectivity index (χ1n) is 6.29. The highest BCUT2D eigenvalue weighted by atomic mass is 16.5. The number of hydrogen-bond donors (Lipinski definition) is 1. The van der Waals surface area contributed by atoms with Gasteiger partial charge in [0.15, 0.2) is 0 Å². The molecule has 1 amide bonds. The predicted octanol–water partition coefficient (Wildman–Crippen LogP) is 0.337. The average Bonchev–Trinajstić information content (AvgIpc) is 2.54. The van der Waals surface area contributed by atoms with Gasteiger partial charge in [-0.3, -0.25) is 4.79 Å². The van der Waals surface area contributed by atoms with E-state index in [2.05, 4.69) is 12.2 Å². The summed E-state index contributed by atoms with van der Waals surface area (Å²) in [6.07, 6.45) is 0. The van der Waals surface area contributed by atoms with E-state index >= 15 is 0 Å². The van der Waals surface area contributed by atoms with Crippen molar-refractivity contribution in [3.63, 3.8) is 0 Å². The van der Waals surface area contributed by atoms with E-state index in [4.69, 9.17) is 4.74 Å². The molecule has 0 aliphatic carbocycles. The van der Waals surface area contributed by atoms with Gasteiger partial charge >= 0.3 is 0 Å². The number of carbonyl (C=O) groups is 1. The number of rotatable bonds is 4. The zero-order chi connectivity index (χ0) is 11.5. The maximum atomic E-state index is 12.0. The summed E-state index contributed by atoms with van der Waals surface area (Å²) in [4.78, 5) is 14.1. The average molecular weight is 226 g/mol. The Labute approximate surface area is 97.3 Å². The number of ether oxygens (including phenoxy) is 1. The van der Waals surface area contributed by atoms with Gasteiger partial charge in [0.25, 0.3) is 0 Å². The van der Waals surface area contributed by atoms with Gasteiger partial charge in [-0.2, -0.15) is 0 Å². The van der Waals surface area contributed by atoms with E-state index in [1.165, 1.54) is 0 Å². The number of hydrogen-bond acceptors (Lipinski definition) is 3. The van der Waals surface area contributed by atoms with E-state index in [0.717, 1.165) is 39.4 Å². The molecule has 0 spiro atoms. The molecule has 2 rings (SSSR count). The van der Waals surface area contributed by atoms with E-state index in [1.54, 1.807) is 0 Å². The molecular weight excluding hydrogens is 204 g/mol. The van der Waals surface area contributed by atoms with Crippen LogP contribution in [0.3, 0.4) is 0 Å². The highest BCUT2D eigenvalue weighted by Gasteiger charge is 2.36. The van der Waals surface area contributed by atoms with E-state index in [1.807, 2.05) is 11.8 Å². The molecule has 2 atom stereocenters. The summed E-state index contributed by atoms with van der Waals surface area (Å²) >= 11 is 0. The van der Waals surface area contributed by atoms with Crippen molar-refractivity contribution in [2.75, 3.05) is 39.4 Å². The van der Waals surface area contributed by atoms with Gasteiger partial charge in [-0.25, -0.2) is 0 Å². The molecular formula is C12H22N2O2. The van der Waals surface area contributed by atoms with Gasteiger partial charge in [0.1, 0.15) is 0 Å². The summed E-state index contributed by atoms with van der Waals surface area (Å²) in [6, 6.07) is 0. The first-order chi connectivity index (χ1) is 7.72. The number of nitrogens with one attached hydrogen (secondary N) is 1. The van der Waals surface area contributed by atoms with Crippen molar-refractivity contribution in [2.24, 2.45) is 17.8 Å². The number of nitrogens with zero attached hydrogens (tertiary/aromatic N) is 1. The van der Waals surface area contributed by atoms with Crippen LogP contribution < -0.4 is 5.32 Å². The van der Waals surface area contributed by atoms with E-state index < -0.39 is 0 Å². The summed E-state index contributed by atoms with van der Waals surface area (Å²) in [5, 5.41) is 3.15. The second-order valence-electron chi connectivity index (χ2n) is 5.00. The molecule has 2 unspecified atom stereocenters. The largest absolute Gasteiger partial charge is 0.381 e. The molecule has 4 nitrogen and oxygen atoms in total. The van der Waals surface area contributed by atoms with E-state index in [-0.39, 0.29) is 5.92 Å². The molecule has 1 N–H and O–H groups in total. The van der Waals surface area contributed by atoms with Crippen molar-refractivity contribution in [3.05, 3.63) is 0 Å². The van der Waals surface area contributed by atoms with Crippen molar-refractivity contribution in [1.29, 1.82) is 0 Å². The number of amides is 1. The Hall–Kier alpha value is -0.610. The summed E-state index contributed by atoms with van der Waals surface area (Å²) in [5.41, 5.74) is 0. The Kier molecular flexibility index (Phi) is 3.82. The monoisotopic (exact) mass is 226 g/mol. The molecule has 2 heterocycles. The zero-order valence-electron chi connectivity index (χ0n) is 10.2. The van der Waals surface area contributed by atoms with Crippen molar-refractivity contribution in [2.45, 2.75) is 13.8 Å². The quantitative estimate of drug-likeness (QED) is 0.751. The number of carbonyl (C=O) groups excluding carboxylic acids is 1. The van der Waals surface area contributed by atoms with Crippen LogP contribution in [0.5, 0.6) is 0 Å². The lowest BCUT2D eigenvalue weighted by Gasteiger charge is -2.30. The number of likely N-dealkylation sites (tertiary alicyclic amines) is 1. The molecule has 92 valence electrons. The van der Waals surface area contributed by atoms with Gasteiger partial charge in [-0.15, -0.1) is 0 Å². The predicted molar refractivity (Wildman–Crippen MR) is 62.1 cm³/mol. The minimum Gasteiger partial charge on any atom is -0.381 e. The molecule has 2 aliphatic heterocycles. The maximum Gasteiger partial charge on any atom is 0.228 e. The van der Waals surface area contributed by atoms with Gasteiger partial charge in [0.05, 0.1) is 12.5 Å². The lowest BCUT2D eigenvalue weighted by molar-refractivity contribution is -0.136. The fourth-order valence-corrected chi connectivity index (χ4v) is 2.42. The fraction of sp³-hybridized carbons (Fsp3) is 0.917. The highest BCUT2D eigenvalue weighted by molar-refractivity contribution is 5.80. The third-order valence-electron chi connectivity index (χ3n) is 3.75. The van der Waals surface area contributed by atoms with E-state index in [9.17, 15) is 4.79 Å². The first-order valence-corrected chi connectivity index (χ1v) is 6.29. The third-order valence-corrected chi connectivity index (χ3v) is 3.75. The molecule has 0 bridgehead atoms. The lowest BCUT2D eigenvalue weighted by atomic mass is 9.99. The molecule has 4 heteroatoms. The molecule has 16 heavy (non-hydrogen) atoms. The SMILES string of the molecule is CCOCC1CN(C(=O)C2CNC2)CC1C. The van der Waals surface area contributed by atoms with Gasteiger partial charge in [-0.1, -0.05) is 6.92 Å². The topological polar surface area (TPSA) is 41.6 Å². The molecule has 0 aromatic heterocycles. The van der Waals surface area contributed by atoms with E-state index in [0.29, 0.717) is 17.7 Å². The third kappa shape index (κ3) is 2.38. The summed E-state index contributed by atoms with van der Waals surface area (Å²) in [7, 11) is 0. The minimum absolute atomic E-state index is 0.234. The Morgan fingerprint density at radius 1 is 1.44 bits per heavy atom. The molecule has 2 fully saturated rings. The second kappa shape index (κ2) is 5.15. The first kappa shape index (κ1) is 11.9. The van der Waals surface area contributed by atoms with Gasteiger partial charge in [0.2, 0.25) is 5.91 Å².